The Morgan fingerprint density at radius 1 is 1.19 bits per heavy atom. The van der Waals surface area contributed by atoms with Gasteiger partial charge >= 0.3 is 0 Å². The summed E-state index contributed by atoms with van der Waals surface area (Å²) < 4.78 is 30.5. The molecule has 26 heavy (non-hydrogen) atoms. The van der Waals surface area contributed by atoms with E-state index in [9.17, 15) is 8.42 Å². The molecule has 6 nitrogen and oxygen atoms in total. The van der Waals surface area contributed by atoms with E-state index in [0.717, 1.165) is 31.9 Å². The van der Waals surface area contributed by atoms with E-state index in [1.807, 2.05) is 0 Å². The molecular formula is C19H25N3O3S. The number of fused-ring (bicyclic) bond motifs is 1. The summed E-state index contributed by atoms with van der Waals surface area (Å²) in [5.74, 6) is 0.707. The molecule has 0 spiro atoms. The number of aryl methyl sites for hydroxylation is 1. The topological polar surface area (TPSA) is 80.3 Å². The number of benzene rings is 1. The van der Waals surface area contributed by atoms with Crippen LogP contribution in [0.25, 0.3) is 0 Å². The van der Waals surface area contributed by atoms with Gasteiger partial charge < -0.3 is 10.1 Å². The molecule has 0 radical (unpaired) electrons. The van der Waals surface area contributed by atoms with Crippen LogP contribution < -0.4 is 14.8 Å². The minimum Gasteiger partial charge on any atom is -0.478 e. The van der Waals surface area contributed by atoms with Gasteiger partial charge in [0.05, 0.1) is 12.9 Å². The van der Waals surface area contributed by atoms with Crippen LogP contribution in [0, 0.1) is 0 Å². The van der Waals surface area contributed by atoms with Gasteiger partial charge in [0.15, 0.2) is 0 Å². The normalized spacial score (nSPS) is 16.4. The van der Waals surface area contributed by atoms with Crippen molar-refractivity contribution in [3.8, 4) is 5.88 Å². The third-order valence-electron chi connectivity index (χ3n) is 4.35. The average Bonchev–Trinajstić information content (AvgIpc) is 2.60. The summed E-state index contributed by atoms with van der Waals surface area (Å²) in [6.45, 7) is 0.568. The summed E-state index contributed by atoms with van der Waals surface area (Å²) in [6, 6.07) is 14.1. The highest BCUT2D eigenvalue weighted by Gasteiger charge is 2.16. The Hall–Kier alpha value is -2.28. The maximum atomic E-state index is 11.2. The second-order valence-corrected chi connectivity index (χ2v) is 8.37. The van der Waals surface area contributed by atoms with Gasteiger partial charge in [-0.2, -0.15) is 4.98 Å². The van der Waals surface area contributed by atoms with Crippen LogP contribution in [-0.2, 0) is 16.4 Å². The lowest BCUT2D eigenvalue weighted by Gasteiger charge is -2.27. The first-order chi connectivity index (χ1) is 12.5. The first-order valence-corrected chi connectivity index (χ1v) is 10.8. The van der Waals surface area contributed by atoms with Crippen molar-refractivity contribution >= 4 is 21.5 Å². The van der Waals surface area contributed by atoms with Crippen LogP contribution >= 0.6 is 0 Å². The fourth-order valence-electron chi connectivity index (χ4n) is 3.13. The predicted molar refractivity (Wildman–Crippen MR) is 104 cm³/mol. The quantitative estimate of drug-likeness (QED) is 0.691. The zero-order valence-corrected chi connectivity index (χ0v) is 15.8. The van der Waals surface area contributed by atoms with Crippen LogP contribution in [0.4, 0.5) is 11.5 Å². The molecule has 2 heterocycles. The number of para-hydroxylation sites is 1. The number of anilines is 2. The third-order valence-corrected chi connectivity index (χ3v) is 4.93. The minimum atomic E-state index is -3.33. The van der Waals surface area contributed by atoms with Crippen LogP contribution in [0.1, 0.15) is 31.2 Å². The van der Waals surface area contributed by atoms with Crippen LogP contribution in [-0.4, -0.2) is 32.3 Å². The zero-order chi connectivity index (χ0) is 18.4. The molecule has 3 rings (SSSR count). The lowest BCUT2D eigenvalue weighted by Crippen LogP contribution is -2.25. The van der Waals surface area contributed by atoms with Crippen LogP contribution in [0.15, 0.2) is 42.5 Å². The van der Waals surface area contributed by atoms with Gasteiger partial charge in [-0.05, 0) is 49.8 Å². The molecule has 2 aromatic rings. The van der Waals surface area contributed by atoms with Crippen molar-refractivity contribution in [3.05, 3.63) is 48.0 Å². The first kappa shape index (κ1) is 18.5. The number of nitrogens with zero attached hydrogens (tertiary/aromatic N) is 1. The number of pyridine rings is 1. The number of nitrogens with one attached hydrogen (secondary N) is 2. The van der Waals surface area contributed by atoms with E-state index in [-0.39, 0.29) is 5.82 Å². The number of hydrogen-bond acceptors (Lipinski definition) is 5. The summed E-state index contributed by atoms with van der Waals surface area (Å²) in [4.78, 5) is 4.15. The molecule has 0 bridgehead atoms. The predicted octanol–water partition coefficient (Wildman–Crippen LogP) is 3.43. The molecule has 7 heteroatoms. The zero-order valence-electron chi connectivity index (χ0n) is 14.9. The highest BCUT2D eigenvalue weighted by atomic mass is 32.2. The Labute approximate surface area is 155 Å². The summed E-state index contributed by atoms with van der Waals surface area (Å²) in [6.07, 6.45) is 6.51. The van der Waals surface area contributed by atoms with Gasteiger partial charge in [-0.15, -0.1) is 0 Å². The molecule has 1 aliphatic rings. The molecule has 1 atom stereocenters. The summed E-state index contributed by atoms with van der Waals surface area (Å²) >= 11 is 0. The third kappa shape index (κ3) is 5.62. The molecule has 0 fully saturated rings. The Balaban J connectivity index is 1.38. The van der Waals surface area contributed by atoms with E-state index < -0.39 is 10.0 Å². The Kier molecular flexibility index (Phi) is 5.98. The molecule has 140 valence electrons. The van der Waals surface area contributed by atoms with Crippen molar-refractivity contribution < 1.29 is 13.2 Å². The van der Waals surface area contributed by atoms with E-state index in [4.69, 9.17) is 4.74 Å². The number of hydrogen-bond donors (Lipinski definition) is 2. The lowest BCUT2D eigenvalue weighted by molar-refractivity contribution is 0.292. The molecule has 0 saturated carbocycles. The summed E-state index contributed by atoms with van der Waals surface area (Å²) in [7, 11) is -3.33. The second kappa shape index (κ2) is 8.40. The van der Waals surface area contributed by atoms with Gasteiger partial charge in [0.1, 0.15) is 5.82 Å². The largest absolute Gasteiger partial charge is 0.478 e. The van der Waals surface area contributed by atoms with E-state index in [1.54, 1.807) is 18.2 Å². The van der Waals surface area contributed by atoms with Crippen molar-refractivity contribution in [3.63, 3.8) is 0 Å². The van der Waals surface area contributed by atoms with Gasteiger partial charge in [-0.25, -0.2) is 8.42 Å². The van der Waals surface area contributed by atoms with E-state index in [1.165, 1.54) is 17.7 Å². The van der Waals surface area contributed by atoms with Crippen molar-refractivity contribution in [2.24, 2.45) is 0 Å². The van der Waals surface area contributed by atoms with Gasteiger partial charge in [-0.3, -0.25) is 4.72 Å². The number of unbranched alkanes of at least 4 members (excludes halogenated alkanes) is 1. The fourth-order valence-corrected chi connectivity index (χ4v) is 3.62. The molecule has 1 aliphatic heterocycles. The maximum Gasteiger partial charge on any atom is 0.230 e. The molecule has 1 aromatic carbocycles. The van der Waals surface area contributed by atoms with Crippen molar-refractivity contribution in [1.29, 1.82) is 0 Å². The van der Waals surface area contributed by atoms with Crippen LogP contribution in [0.5, 0.6) is 5.88 Å². The van der Waals surface area contributed by atoms with E-state index in [2.05, 4.69) is 39.3 Å². The molecule has 0 amide bonds. The molecule has 1 unspecified atom stereocenters. The van der Waals surface area contributed by atoms with E-state index in [0.29, 0.717) is 18.5 Å². The maximum absolute atomic E-state index is 11.2. The summed E-state index contributed by atoms with van der Waals surface area (Å²) in [5, 5.41) is 3.62. The lowest BCUT2D eigenvalue weighted by atomic mass is 9.95. The van der Waals surface area contributed by atoms with Gasteiger partial charge in [0.25, 0.3) is 0 Å². The number of aromatic nitrogens is 1. The Bertz CT molecular complexity index is 839. The highest BCUT2D eigenvalue weighted by molar-refractivity contribution is 7.92. The molecule has 2 N–H and O–H groups in total. The highest BCUT2D eigenvalue weighted by Crippen LogP contribution is 2.26. The fraction of sp³-hybridized carbons (Fsp3) is 0.421. The van der Waals surface area contributed by atoms with Crippen molar-refractivity contribution in [2.45, 2.75) is 38.1 Å². The Morgan fingerprint density at radius 2 is 2.04 bits per heavy atom. The number of rotatable bonds is 8. The number of ether oxygens (including phenoxy) is 1. The summed E-state index contributed by atoms with van der Waals surface area (Å²) in [5.41, 5.74) is 2.67. The molecular weight excluding hydrogens is 350 g/mol. The average molecular weight is 375 g/mol. The van der Waals surface area contributed by atoms with Gasteiger partial charge in [-0.1, -0.05) is 24.3 Å². The molecule has 0 saturated heterocycles. The smallest absolute Gasteiger partial charge is 0.230 e. The Morgan fingerprint density at radius 3 is 2.88 bits per heavy atom. The van der Waals surface area contributed by atoms with Gasteiger partial charge in [0.2, 0.25) is 15.9 Å². The second-order valence-electron chi connectivity index (χ2n) is 6.62. The first-order valence-electron chi connectivity index (χ1n) is 8.92. The van der Waals surface area contributed by atoms with Crippen molar-refractivity contribution in [1.82, 2.24) is 4.98 Å². The van der Waals surface area contributed by atoms with Crippen molar-refractivity contribution in [2.75, 3.05) is 22.9 Å². The van der Waals surface area contributed by atoms with Gasteiger partial charge in [0, 0.05) is 17.8 Å². The van der Waals surface area contributed by atoms with Crippen LogP contribution in [0.2, 0.25) is 0 Å². The minimum absolute atomic E-state index is 0.273. The van der Waals surface area contributed by atoms with Crippen LogP contribution in [0.3, 0.4) is 0 Å². The standard InChI is InChI=1S/C19H25N3O3S/c1-26(23,24)22-18-10-6-11-19(21-18)25-14-5-4-8-16-13-12-15-7-2-3-9-17(15)20-16/h2-3,6-7,9-11,16,20H,4-5,8,12-14H2,1H3,(H,21,22). The molecule has 1 aromatic heterocycles. The van der Waals surface area contributed by atoms with E-state index >= 15 is 0 Å². The monoisotopic (exact) mass is 375 g/mol. The molecule has 0 aliphatic carbocycles. The number of sulfonamides is 1. The SMILES string of the molecule is CS(=O)(=O)Nc1cccc(OCCCCC2CCc3ccccc3N2)n1.